The Bertz CT molecular complexity index is 231. The van der Waals surface area contributed by atoms with Gasteiger partial charge < -0.3 is 10.4 Å². The van der Waals surface area contributed by atoms with Crippen LogP contribution in [-0.4, -0.2) is 47.6 Å². The third-order valence-corrected chi connectivity index (χ3v) is 2.43. The van der Waals surface area contributed by atoms with Gasteiger partial charge in [-0.15, -0.1) is 0 Å². The minimum Gasteiger partial charge on any atom is -0.480 e. The van der Waals surface area contributed by atoms with Gasteiger partial charge in [0.25, 0.3) is 0 Å². The van der Waals surface area contributed by atoms with E-state index in [1.54, 1.807) is 14.0 Å². The minimum absolute atomic E-state index is 0.123. The third-order valence-electron chi connectivity index (χ3n) is 2.43. The van der Waals surface area contributed by atoms with Gasteiger partial charge in [-0.25, -0.2) is 0 Å². The standard InChI is InChI=1S/C10H20N2O3/c1-5-7(2)11-10(15)8(3)12(4)6-9(13)14/h7-8H,5-6H2,1-4H3,(H,11,15)(H,13,14). The molecule has 0 saturated heterocycles. The summed E-state index contributed by atoms with van der Waals surface area (Å²) in [7, 11) is 1.62. The lowest BCUT2D eigenvalue weighted by Gasteiger charge is -2.23. The van der Waals surface area contributed by atoms with Gasteiger partial charge in [0.1, 0.15) is 0 Å². The molecular formula is C10H20N2O3. The van der Waals surface area contributed by atoms with Crippen LogP contribution >= 0.6 is 0 Å². The highest BCUT2D eigenvalue weighted by Crippen LogP contribution is 1.97. The van der Waals surface area contributed by atoms with Crippen molar-refractivity contribution in [3.8, 4) is 0 Å². The number of likely N-dealkylation sites (N-methyl/N-ethyl adjacent to an activating group) is 1. The fourth-order valence-electron chi connectivity index (χ4n) is 1.02. The average Bonchev–Trinajstić information content (AvgIpc) is 2.15. The van der Waals surface area contributed by atoms with Crippen molar-refractivity contribution in [2.45, 2.75) is 39.3 Å². The van der Waals surface area contributed by atoms with Crippen LogP contribution in [0.2, 0.25) is 0 Å². The van der Waals surface area contributed by atoms with E-state index in [0.717, 1.165) is 6.42 Å². The molecule has 0 bridgehead atoms. The van der Waals surface area contributed by atoms with Crippen LogP contribution < -0.4 is 5.32 Å². The molecular weight excluding hydrogens is 196 g/mol. The molecule has 1 amide bonds. The number of hydrogen-bond acceptors (Lipinski definition) is 3. The van der Waals surface area contributed by atoms with Crippen LogP contribution in [-0.2, 0) is 9.59 Å². The van der Waals surface area contributed by atoms with Gasteiger partial charge in [0, 0.05) is 6.04 Å². The van der Waals surface area contributed by atoms with Crippen LogP contribution in [0.25, 0.3) is 0 Å². The molecule has 88 valence electrons. The van der Waals surface area contributed by atoms with E-state index in [2.05, 4.69) is 5.32 Å². The number of aliphatic carboxylic acids is 1. The van der Waals surface area contributed by atoms with Crippen molar-refractivity contribution in [2.24, 2.45) is 0 Å². The van der Waals surface area contributed by atoms with Gasteiger partial charge in [-0.2, -0.15) is 0 Å². The Kier molecular flexibility index (Phi) is 5.93. The largest absolute Gasteiger partial charge is 0.480 e. The second-order valence-electron chi connectivity index (χ2n) is 3.80. The zero-order valence-corrected chi connectivity index (χ0v) is 9.78. The van der Waals surface area contributed by atoms with E-state index in [1.165, 1.54) is 4.90 Å². The summed E-state index contributed by atoms with van der Waals surface area (Å²) >= 11 is 0. The number of amides is 1. The molecule has 0 aromatic carbocycles. The highest BCUT2D eigenvalue weighted by atomic mass is 16.4. The molecule has 0 saturated carbocycles. The summed E-state index contributed by atoms with van der Waals surface area (Å²) in [5, 5.41) is 11.4. The quantitative estimate of drug-likeness (QED) is 0.670. The maximum atomic E-state index is 11.6. The topological polar surface area (TPSA) is 69.6 Å². The van der Waals surface area contributed by atoms with Crippen molar-refractivity contribution in [1.82, 2.24) is 10.2 Å². The van der Waals surface area contributed by atoms with Crippen molar-refractivity contribution >= 4 is 11.9 Å². The van der Waals surface area contributed by atoms with Crippen LogP contribution in [0.4, 0.5) is 0 Å². The third kappa shape index (κ3) is 5.37. The Hall–Kier alpha value is -1.10. The van der Waals surface area contributed by atoms with Gasteiger partial charge >= 0.3 is 5.97 Å². The van der Waals surface area contributed by atoms with Gasteiger partial charge in [-0.1, -0.05) is 6.92 Å². The lowest BCUT2D eigenvalue weighted by atomic mass is 10.2. The van der Waals surface area contributed by atoms with E-state index in [9.17, 15) is 9.59 Å². The Morgan fingerprint density at radius 3 is 2.33 bits per heavy atom. The molecule has 0 spiro atoms. The molecule has 2 unspecified atom stereocenters. The molecule has 0 heterocycles. The van der Waals surface area contributed by atoms with E-state index in [4.69, 9.17) is 5.11 Å². The minimum atomic E-state index is -0.930. The Morgan fingerprint density at radius 2 is 1.93 bits per heavy atom. The highest BCUT2D eigenvalue weighted by Gasteiger charge is 2.20. The molecule has 0 aromatic rings. The Balaban J connectivity index is 4.12. The molecule has 2 atom stereocenters. The number of carbonyl (C=O) groups excluding carboxylic acids is 1. The highest BCUT2D eigenvalue weighted by molar-refractivity contribution is 5.82. The van der Waals surface area contributed by atoms with Gasteiger partial charge in [0.2, 0.25) is 5.91 Å². The molecule has 2 N–H and O–H groups in total. The normalized spacial score (nSPS) is 14.7. The molecule has 0 aliphatic heterocycles. The number of rotatable bonds is 6. The first-order chi connectivity index (χ1) is 6.88. The zero-order chi connectivity index (χ0) is 12.0. The van der Waals surface area contributed by atoms with Gasteiger partial charge in [-0.05, 0) is 27.3 Å². The van der Waals surface area contributed by atoms with Crippen LogP contribution in [0.15, 0.2) is 0 Å². The lowest BCUT2D eigenvalue weighted by Crippen LogP contribution is -2.47. The van der Waals surface area contributed by atoms with Gasteiger partial charge in [0.05, 0.1) is 12.6 Å². The summed E-state index contributed by atoms with van der Waals surface area (Å²) in [4.78, 5) is 23.5. The molecule has 0 aliphatic carbocycles. The van der Waals surface area contributed by atoms with Crippen LogP contribution in [0.3, 0.4) is 0 Å². The van der Waals surface area contributed by atoms with Gasteiger partial charge in [0.15, 0.2) is 0 Å². The fraction of sp³-hybridized carbons (Fsp3) is 0.800. The summed E-state index contributed by atoms with van der Waals surface area (Å²) in [5.74, 6) is -1.06. The SMILES string of the molecule is CCC(C)NC(=O)C(C)N(C)CC(=O)O. The summed E-state index contributed by atoms with van der Waals surface area (Å²) < 4.78 is 0. The van der Waals surface area contributed by atoms with E-state index < -0.39 is 12.0 Å². The smallest absolute Gasteiger partial charge is 0.317 e. The number of hydrogen-bond donors (Lipinski definition) is 2. The number of nitrogens with zero attached hydrogens (tertiary/aromatic N) is 1. The molecule has 5 heteroatoms. The van der Waals surface area contributed by atoms with Crippen molar-refractivity contribution in [2.75, 3.05) is 13.6 Å². The average molecular weight is 216 g/mol. The molecule has 0 radical (unpaired) electrons. The predicted octanol–water partition coefficient (Wildman–Crippen LogP) is 0.306. The molecule has 0 aliphatic rings. The van der Waals surface area contributed by atoms with E-state index >= 15 is 0 Å². The lowest BCUT2D eigenvalue weighted by molar-refractivity contribution is -0.139. The monoisotopic (exact) mass is 216 g/mol. The Morgan fingerprint density at radius 1 is 1.40 bits per heavy atom. The Labute approximate surface area is 90.5 Å². The summed E-state index contributed by atoms with van der Waals surface area (Å²) in [5.41, 5.74) is 0. The van der Waals surface area contributed by atoms with E-state index in [0.29, 0.717) is 0 Å². The van der Waals surface area contributed by atoms with Crippen molar-refractivity contribution < 1.29 is 14.7 Å². The summed E-state index contributed by atoms with van der Waals surface area (Å²) in [6, 6.07) is -0.298. The van der Waals surface area contributed by atoms with Crippen LogP contribution in [0.1, 0.15) is 27.2 Å². The number of carbonyl (C=O) groups is 2. The van der Waals surface area contributed by atoms with Crippen LogP contribution in [0, 0.1) is 0 Å². The first-order valence-electron chi connectivity index (χ1n) is 5.10. The molecule has 0 aromatic heterocycles. The molecule has 5 nitrogen and oxygen atoms in total. The maximum Gasteiger partial charge on any atom is 0.317 e. The zero-order valence-electron chi connectivity index (χ0n) is 9.78. The first-order valence-corrected chi connectivity index (χ1v) is 5.10. The predicted molar refractivity (Wildman–Crippen MR) is 57.6 cm³/mol. The van der Waals surface area contributed by atoms with Gasteiger partial charge in [-0.3, -0.25) is 14.5 Å². The summed E-state index contributed by atoms with van der Waals surface area (Å²) in [6.45, 7) is 5.47. The van der Waals surface area contributed by atoms with Crippen molar-refractivity contribution in [3.63, 3.8) is 0 Å². The second-order valence-corrected chi connectivity index (χ2v) is 3.80. The number of carboxylic acid groups (broad SMARTS) is 1. The van der Waals surface area contributed by atoms with Crippen molar-refractivity contribution in [3.05, 3.63) is 0 Å². The number of nitrogens with one attached hydrogen (secondary N) is 1. The summed E-state index contributed by atoms with van der Waals surface area (Å²) in [6.07, 6.45) is 0.862. The number of carboxylic acids is 1. The molecule has 0 rings (SSSR count). The molecule has 0 fully saturated rings. The van der Waals surface area contributed by atoms with Crippen LogP contribution in [0.5, 0.6) is 0 Å². The second kappa shape index (κ2) is 6.40. The van der Waals surface area contributed by atoms with Crippen molar-refractivity contribution in [1.29, 1.82) is 0 Å². The first kappa shape index (κ1) is 13.9. The van der Waals surface area contributed by atoms with E-state index in [1.807, 2.05) is 13.8 Å². The van der Waals surface area contributed by atoms with E-state index in [-0.39, 0.29) is 18.5 Å². The fourth-order valence-corrected chi connectivity index (χ4v) is 1.02. The maximum absolute atomic E-state index is 11.6. The molecule has 15 heavy (non-hydrogen) atoms.